The van der Waals surface area contributed by atoms with Crippen molar-refractivity contribution in [2.45, 2.75) is 26.8 Å². The summed E-state index contributed by atoms with van der Waals surface area (Å²) in [6.07, 6.45) is 2.95. The number of benzene rings is 1. The zero-order chi connectivity index (χ0) is 10.9. The molecule has 1 aromatic rings. The van der Waals surface area contributed by atoms with Crippen molar-refractivity contribution in [1.29, 1.82) is 0 Å². The molecule has 0 bridgehead atoms. The second-order valence-corrected chi connectivity index (χ2v) is 3.35. The molecule has 0 aliphatic heterocycles. The van der Waals surface area contributed by atoms with Gasteiger partial charge in [0.25, 0.3) is 0 Å². The van der Waals surface area contributed by atoms with Gasteiger partial charge in [-0.05, 0) is 37.3 Å². The molecule has 0 aromatic heterocycles. The summed E-state index contributed by atoms with van der Waals surface area (Å²) in [7, 11) is 0. The minimum Gasteiger partial charge on any atom is -0.322 e. The van der Waals surface area contributed by atoms with Crippen LogP contribution >= 0.6 is 0 Å². The fourth-order valence-corrected chi connectivity index (χ4v) is 1.18. The first-order valence-electron chi connectivity index (χ1n) is 5.39. The normalized spacial score (nSPS) is 10.8. The van der Waals surface area contributed by atoms with Gasteiger partial charge in [0, 0.05) is 12.2 Å². The maximum absolute atomic E-state index is 4.19. The Morgan fingerprint density at radius 3 is 2.60 bits per heavy atom. The van der Waals surface area contributed by atoms with E-state index in [-0.39, 0.29) is 0 Å². The van der Waals surface area contributed by atoms with Crippen molar-refractivity contribution in [3.8, 4) is 0 Å². The first-order chi connectivity index (χ1) is 7.36. The van der Waals surface area contributed by atoms with Crippen LogP contribution < -0.4 is 10.9 Å². The van der Waals surface area contributed by atoms with Crippen LogP contribution in [0.2, 0.25) is 0 Å². The Morgan fingerprint density at radius 1 is 1.27 bits per heavy atom. The van der Waals surface area contributed by atoms with Gasteiger partial charge in [0.1, 0.15) is 0 Å². The number of hydrogen-bond donors (Lipinski definition) is 2. The van der Waals surface area contributed by atoms with Gasteiger partial charge in [-0.3, -0.25) is 4.99 Å². The molecule has 1 aromatic carbocycles. The van der Waals surface area contributed by atoms with E-state index >= 15 is 0 Å². The molecule has 0 amide bonds. The van der Waals surface area contributed by atoms with Crippen LogP contribution in [0.25, 0.3) is 0 Å². The minimum absolute atomic E-state index is 0.763. The lowest BCUT2D eigenvalue weighted by molar-refractivity contribution is 0.761. The summed E-state index contributed by atoms with van der Waals surface area (Å²) in [6, 6.07) is 8.29. The smallest absolute Gasteiger partial charge is 0.0635 e. The Balaban J connectivity index is 2.41. The standard InChI is InChI=1S/C12H19N3/c1-3-9-14-15-12-7-5-11(6-8-12)10-13-4-2/h4-8,14-15H,3,9-10H2,1-2H3. The lowest BCUT2D eigenvalue weighted by atomic mass is 10.2. The van der Waals surface area contributed by atoms with Gasteiger partial charge in [-0.2, -0.15) is 0 Å². The molecule has 3 nitrogen and oxygen atoms in total. The molecule has 3 heteroatoms. The SMILES string of the molecule is CC=NCc1ccc(NNCCC)cc1. The molecule has 0 atom stereocenters. The molecule has 0 saturated carbocycles. The third-order valence-electron chi connectivity index (χ3n) is 2.02. The molecule has 0 aliphatic carbocycles. The zero-order valence-electron chi connectivity index (χ0n) is 9.46. The summed E-state index contributed by atoms with van der Waals surface area (Å²) < 4.78 is 0. The average Bonchev–Trinajstić information content (AvgIpc) is 2.28. The highest BCUT2D eigenvalue weighted by Gasteiger charge is 1.92. The van der Waals surface area contributed by atoms with E-state index in [9.17, 15) is 0 Å². The number of nitrogens with one attached hydrogen (secondary N) is 2. The van der Waals surface area contributed by atoms with Crippen LogP contribution in [0.3, 0.4) is 0 Å². The van der Waals surface area contributed by atoms with Crippen molar-refractivity contribution in [3.63, 3.8) is 0 Å². The number of rotatable bonds is 6. The Hall–Kier alpha value is -1.35. The van der Waals surface area contributed by atoms with E-state index in [1.165, 1.54) is 5.56 Å². The van der Waals surface area contributed by atoms with Gasteiger partial charge in [-0.15, -0.1) is 0 Å². The summed E-state index contributed by atoms with van der Waals surface area (Å²) >= 11 is 0. The largest absolute Gasteiger partial charge is 0.322 e. The van der Waals surface area contributed by atoms with Crippen LogP contribution in [0, 0.1) is 0 Å². The fourth-order valence-electron chi connectivity index (χ4n) is 1.18. The molecule has 0 spiro atoms. The van der Waals surface area contributed by atoms with E-state index in [1.54, 1.807) is 0 Å². The summed E-state index contributed by atoms with van der Waals surface area (Å²) in [5, 5.41) is 0. The van der Waals surface area contributed by atoms with E-state index in [2.05, 4.69) is 47.0 Å². The number of anilines is 1. The van der Waals surface area contributed by atoms with Gasteiger partial charge in [0.15, 0.2) is 0 Å². The number of aliphatic imine (C=N–C) groups is 1. The van der Waals surface area contributed by atoms with Crippen molar-refractivity contribution in [1.82, 2.24) is 5.43 Å². The molecule has 0 fully saturated rings. The Kier molecular flexibility index (Phi) is 5.48. The van der Waals surface area contributed by atoms with E-state index in [1.807, 2.05) is 13.1 Å². The summed E-state index contributed by atoms with van der Waals surface area (Å²) in [6.45, 7) is 5.81. The fraction of sp³-hybridized carbons (Fsp3) is 0.417. The van der Waals surface area contributed by atoms with Gasteiger partial charge >= 0.3 is 0 Å². The average molecular weight is 205 g/mol. The van der Waals surface area contributed by atoms with Crippen molar-refractivity contribution >= 4 is 11.9 Å². The molecule has 0 radical (unpaired) electrons. The summed E-state index contributed by atoms with van der Waals surface area (Å²) in [5.41, 5.74) is 8.60. The third kappa shape index (κ3) is 4.61. The van der Waals surface area contributed by atoms with Crippen molar-refractivity contribution in [2.75, 3.05) is 12.0 Å². The highest BCUT2D eigenvalue weighted by molar-refractivity contribution is 5.53. The Labute approximate surface area is 91.6 Å². The number of hydrogen-bond acceptors (Lipinski definition) is 3. The zero-order valence-corrected chi connectivity index (χ0v) is 9.46. The predicted molar refractivity (Wildman–Crippen MR) is 66.2 cm³/mol. The molecule has 0 saturated heterocycles. The van der Waals surface area contributed by atoms with Crippen LogP contribution in [0.15, 0.2) is 29.3 Å². The van der Waals surface area contributed by atoms with Crippen molar-refractivity contribution in [3.05, 3.63) is 29.8 Å². The highest BCUT2D eigenvalue weighted by atomic mass is 15.3. The lowest BCUT2D eigenvalue weighted by Crippen LogP contribution is -2.21. The molecule has 15 heavy (non-hydrogen) atoms. The van der Waals surface area contributed by atoms with Gasteiger partial charge in [0.2, 0.25) is 0 Å². The molecule has 0 heterocycles. The first-order valence-corrected chi connectivity index (χ1v) is 5.39. The van der Waals surface area contributed by atoms with E-state index < -0.39 is 0 Å². The monoisotopic (exact) mass is 205 g/mol. The molecule has 0 unspecified atom stereocenters. The van der Waals surface area contributed by atoms with Crippen LogP contribution in [-0.4, -0.2) is 12.8 Å². The van der Waals surface area contributed by atoms with Crippen LogP contribution in [0.4, 0.5) is 5.69 Å². The lowest BCUT2D eigenvalue weighted by Gasteiger charge is -2.07. The van der Waals surface area contributed by atoms with Crippen LogP contribution in [0.5, 0.6) is 0 Å². The number of nitrogens with zero attached hydrogens (tertiary/aromatic N) is 1. The number of hydrazine groups is 1. The summed E-state index contributed by atoms with van der Waals surface area (Å²) in [4.78, 5) is 4.19. The maximum Gasteiger partial charge on any atom is 0.0635 e. The van der Waals surface area contributed by atoms with Gasteiger partial charge in [0.05, 0.1) is 6.54 Å². The first kappa shape index (κ1) is 11.7. The third-order valence-corrected chi connectivity index (χ3v) is 2.02. The van der Waals surface area contributed by atoms with Crippen LogP contribution in [-0.2, 0) is 6.54 Å². The van der Waals surface area contributed by atoms with E-state index in [0.717, 1.165) is 25.2 Å². The molecule has 2 N–H and O–H groups in total. The van der Waals surface area contributed by atoms with E-state index in [0.29, 0.717) is 0 Å². The quantitative estimate of drug-likeness (QED) is 0.425. The van der Waals surface area contributed by atoms with Gasteiger partial charge in [-0.25, -0.2) is 5.43 Å². The molecule has 1 rings (SSSR count). The Morgan fingerprint density at radius 2 is 2.00 bits per heavy atom. The predicted octanol–water partition coefficient (Wildman–Crippen LogP) is 2.60. The van der Waals surface area contributed by atoms with E-state index in [4.69, 9.17) is 0 Å². The minimum atomic E-state index is 0.763. The molecular weight excluding hydrogens is 186 g/mol. The van der Waals surface area contributed by atoms with Crippen molar-refractivity contribution in [2.24, 2.45) is 4.99 Å². The summed E-state index contributed by atoms with van der Waals surface area (Å²) in [5.74, 6) is 0. The topological polar surface area (TPSA) is 36.4 Å². The van der Waals surface area contributed by atoms with Gasteiger partial charge < -0.3 is 5.43 Å². The van der Waals surface area contributed by atoms with Gasteiger partial charge in [-0.1, -0.05) is 19.1 Å². The Bertz CT molecular complexity index is 290. The molecule has 0 aliphatic rings. The second kappa shape index (κ2) is 7.01. The second-order valence-electron chi connectivity index (χ2n) is 3.35. The molecule has 82 valence electrons. The maximum atomic E-state index is 4.19. The van der Waals surface area contributed by atoms with Crippen LogP contribution in [0.1, 0.15) is 25.8 Å². The molecular formula is C12H19N3. The highest BCUT2D eigenvalue weighted by Crippen LogP contribution is 2.09. The van der Waals surface area contributed by atoms with Crippen molar-refractivity contribution < 1.29 is 0 Å².